The fourth-order valence-corrected chi connectivity index (χ4v) is 4.68. The lowest BCUT2D eigenvalue weighted by atomic mass is 10.1. The van der Waals surface area contributed by atoms with Crippen LogP contribution in [-0.2, 0) is 4.74 Å². The SMILES string of the molecule is Cc1ncc(C(CNC(=O)c2ccc3[nH]ccc3c2Cl)N2CC3CC2CO3)cn1. The van der Waals surface area contributed by atoms with Crippen molar-refractivity contribution in [2.75, 3.05) is 19.7 Å². The predicted octanol–water partition coefficient (Wildman–Crippen LogP) is 2.86. The second-order valence-corrected chi connectivity index (χ2v) is 8.08. The number of carbonyl (C=O) groups is 1. The second kappa shape index (κ2) is 7.40. The Bertz CT molecular complexity index is 1050. The third-order valence-corrected chi connectivity index (χ3v) is 6.31. The molecule has 1 aromatic carbocycles. The molecule has 0 spiro atoms. The van der Waals surface area contributed by atoms with Crippen LogP contribution in [0.3, 0.4) is 0 Å². The Kier molecular flexibility index (Phi) is 4.73. The molecule has 3 unspecified atom stereocenters. The Labute approximate surface area is 173 Å². The molecule has 3 atom stereocenters. The van der Waals surface area contributed by atoms with Crippen molar-refractivity contribution in [1.29, 1.82) is 0 Å². The number of morpholine rings is 1. The van der Waals surface area contributed by atoms with E-state index in [0.29, 0.717) is 23.2 Å². The van der Waals surface area contributed by atoms with Gasteiger partial charge in [-0.05, 0) is 31.5 Å². The zero-order chi connectivity index (χ0) is 20.0. The maximum Gasteiger partial charge on any atom is 0.252 e. The number of likely N-dealkylation sites (tertiary alicyclic amines) is 1. The van der Waals surface area contributed by atoms with Crippen molar-refractivity contribution in [3.63, 3.8) is 0 Å². The summed E-state index contributed by atoms with van der Waals surface area (Å²) in [5.74, 6) is 0.547. The molecule has 4 heterocycles. The van der Waals surface area contributed by atoms with Gasteiger partial charge in [-0.2, -0.15) is 0 Å². The van der Waals surface area contributed by atoms with E-state index in [1.165, 1.54) is 0 Å². The molecule has 2 aromatic heterocycles. The van der Waals surface area contributed by atoms with Gasteiger partial charge in [0, 0.05) is 54.2 Å². The van der Waals surface area contributed by atoms with Crippen molar-refractivity contribution in [3.8, 4) is 0 Å². The number of amides is 1. The molecule has 5 rings (SSSR count). The predicted molar refractivity (Wildman–Crippen MR) is 110 cm³/mol. The number of ether oxygens (including phenoxy) is 1. The molecule has 2 aliphatic rings. The van der Waals surface area contributed by atoms with Crippen LogP contribution in [0.2, 0.25) is 5.02 Å². The van der Waals surface area contributed by atoms with Gasteiger partial charge in [0.15, 0.2) is 0 Å². The maximum absolute atomic E-state index is 12.9. The van der Waals surface area contributed by atoms with Crippen LogP contribution >= 0.6 is 11.6 Å². The maximum atomic E-state index is 12.9. The summed E-state index contributed by atoms with van der Waals surface area (Å²) in [4.78, 5) is 27.1. The van der Waals surface area contributed by atoms with Crippen LogP contribution in [-0.4, -0.2) is 57.6 Å². The number of aromatic amines is 1. The van der Waals surface area contributed by atoms with Gasteiger partial charge in [-0.3, -0.25) is 9.69 Å². The third-order valence-electron chi connectivity index (χ3n) is 5.90. The fraction of sp³-hybridized carbons (Fsp3) is 0.381. The van der Waals surface area contributed by atoms with Gasteiger partial charge in [0.1, 0.15) is 5.82 Å². The minimum Gasteiger partial charge on any atom is -0.375 e. The van der Waals surface area contributed by atoms with Crippen molar-refractivity contribution in [2.45, 2.75) is 31.5 Å². The first-order valence-corrected chi connectivity index (χ1v) is 10.2. The summed E-state index contributed by atoms with van der Waals surface area (Å²) in [7, 11) is 0. The molecule has 0 saturated carbocycles. The van der Waals surface area contributed by atoms with Gasteiger partial charge in [0.2, 0.25) is 0 Å². The number of H-pyrrole nitrogens is 1. The smallest absolute Gasteiger partial charge is 0.252 e. The minimum absolute atomic E-state index is 0.00628. The molecule has 2 saturated heterocycles. The number of hydrogen-bond acceptors (Lipinski definition) is 5. The van der Waals surface area contributed by atoms with E-state index in [1.54, 1.807) is 6.07 Å². The molecule has 0 radical (unpaired) electrons. The molecule has 29 heavy (non-hydrogen) atoms. The molecule has 2 aliphatic heterocycles. The Hall–Kier alpha value is -2.48. The number of aryl methyl sites for hydroxylation is 1. The Morgan fingerprint density at radius 1 is 1.38 bits per heavy atom. The first kappa shape index (κ1) is 18.5. The number of benzene rings is 1. The Balaban J connectivity index is 1.37. The van der Waals surface area contributed by atoms with Gasteiger partial charge in [-0.25, -0.2) is 9.97 Å². The van der Waals surface area contributed by atoms with Crippen LogP contribution in [0, 0.1) is 6.92 Å². The van der Waals surface area contributed by atoms with E-state index >= 15 is 0 Å². The molecule has 8 heteroatoms. The van der Waals surface area contributed by atoms with Crippen LogP contribution in [0.15, 0.2) is 36.8 Å². The highest BCUT2D eigenvalue weighted by atomic mass is 35.5. The summed E-state index contributed by atoms with van der Waals surface area (Å²) < 4.78 is 5.75. The van der Waals surface area contributed by atoms with Crippen LogP contribution in [0.5, 0.6) is 0 Å². The van der Waals surface area contributed by atoms with Crippen LogP contribution in [0.4, 0.5) is 0 Å². The molecular weight excluding hydrogens is 390 g/mol. The first-order chi connectivity index (χ1) is 14.1. The van der Waals surface area contributed by atoms with Crippen molar-refractivity contribution < 1.29 is 9.53 Å². The molecule has 1 amide bonds. The monoisotopic (exact) mass is 411 g/mol. The van der Waals surface area contributed by atoms with Gasteiger partial charge < -0.3 is 15.0 Å². The normalized spacial score (nSPS) is 22.3. The molecule has 3 aromatic rings. The average molecular weight is 412 g/mol. The standard InChI is InChI=1S/C21H22ClN5O2/c1-12-24-7-13(8-25-12)19(27-10-15-6-14(27)11-29-15)9-26-21(28)17-2-3-18-16(20(17)22)4-5-23-18/h2-5,7-8,14-15,19,23H,6,9-11H2,1H3,(H,26,28). The third kappa shape index (κ3) is 3.39. The fourth-order valence-electron chi connectivity index (χ4n) is 4.37. The van der Waals surface area contributed by atoms with E-state index in [4.69, 9.17) is 16.3 Å². The summed E-state index contributed by atoms with van der Waals surface area (Å²) in [6, 6.07) is 5.86. The summed E-state index contributed by atoms with van der Waals surface area (Å²) >= 11 is 6.48. The topological polar surface area (TPSA) is 83.1 Å². The summed E-state index contributed by atoms with van der Waals surface area (Å²) in [6.07, 6.45) is 6.83. The summed E-state index contributed by atoms with van der Waals surface area (Å²) in [5.41, 5.74) is 2.38. The van der Waals surface area contributed by atoms with Crippen LogP contribution in [0.1, 0.15) is 34.2 Å². The van der Waals surface area contributed by atoms with Crippen molar-refractivity contribution >= 4 is 28.4 Å². The van der Waals surface area contributed by atoms with Gasteiger partial charge in [0.25, 0.3) is 5.91 Å². The number of halogens is 1. The number of rotatable bonds is 5. The molecule has 2 N–H and O–H groups in total. The minimum atomic E-state index is -0.184. The molecule has 2 bridgehead atoms. The summed E-state index contributed by atoms with van der Waals surface area (Å²) in [5, 5.41) is 4.38. The van der Waals surface area contributed by atoms with Crippen molar-refractivity contribution in [2.24, 2.45) is 0 Å². The van der Waals surface area contributed by atoms with E-state index in [-0.39, 0.29) is 18.1 Å². The number of fused-ring (bicyclic) bond motifs is 3. The Morgan fingerprint density at radius 2 is 2.21 bits per heavy atom. The van der Waals surface area contributed by atoms with E-state index in [2.05, 4.69) is 25.2 Å². The van der Waals surface area contributed by atoms with Gasteiger partial charge in [-0.15, -0.1) is 0 Å². The second-order valence-electron chi connectivity index (χ2n) is 7.70. The lowest BCUT2D eigenvalue weighted by molar-refractivity contribution is 0.0109. The van der Waals surface area contributed by atoms with Crippen molar-refractivity contribution in [1.82, 2.24) is 25.2 Å². The van der Waals surface area contributed by atoms with Crippen molar-refractivity contribution in [3.05, 3.63) is 58.8 Å². The van der Waals surface area contributed by atoms with E-state index in [9.17, 15) is 4.79 Å². The first-order valence-electron chi connectivity index (χ1n) is 9.80. The van der Waals surface area contributed by atoms with Gasteiger partial charge >= 0.3 is 0 Å². The van der Waals surface area contributed by atoms with E-state index < -0.39 is 0 Å². The lowest BCUT2D eigenvalue weighted by Crippen LogP contribution is -2.44. The number of nitrogens with one attached hydrogen (secondary N) is 2. The Morgan fingerprint density at radius 3 is 2.93 bits per heavy atom. The van der Waals surface area contributed by atoms with Crippen LogP contribution in [0.25, 0.3) is 10.9 Å². The number of hydrogen-bond donors (Lipinski definition) is 2. The van der Waals surface area contributed by atoms with Gasteiger partial charge in [-0.1, -0.05) is 11.6 Å². The van der Waals surface area contributed by atoms with Crippen LogP contribution < -0.4 is 5.32 Å². The van der Waals surface area contributed by atoms with E-state index in [1.807, 2.05) is 37.6 Å². The molecule has 7 nitrogen and oxygen atoms in total. The molecular formula is C21H22ClN5O2. The lowest BCUT2D eigenvalue weighted by Gasteiger charge is -2.34. The number of aromatic nitrogens is 3. The molecule has 2 fully saturated rings. The largest absolute Gasteiger partial charge is 0.375 e. The highest BCUT2D eigenvalue weighted by Gasteiger charge is 2.42. The molecule has 0 aliphatic carbocycles. The number of carbonyl (C=O) groups excluding carboxylic acids is 1. The number of nitrogens with zero attached hydrogens (tertiary/aromatic N) is 3. The van der Waals surface area contributed by atoms with Gasteiger partial charge in [0.05, 0.1) is 29.3 Å². The molecule has 150 valence electrons. The quantitative estimate of drug-likeness (QED) is 0.674. The summed E-state index contributed by atoms with van der Waals surface area (Å²) in [6.45, 7) is 3.91. The highest BCUT2D eigenvalue weighted by molar-refractivity contribution is 6.38. The zero-order valence-corrected chi connectivity index (χ0v) is 16.8. The average Bonchev–Trinajstić information content (AvgIpc) is 3.46. The zero-order valence-electron chi connectivity index (χ0n) is 16.1. The van der Waals surface area contributed by atoms with E-state index in [0.717, 1.165) is 41.9 Å². The highest BCUT2D eigenvalue weighted by Crippen LogP contribution is 2.35.